The molecular weight excluding hydrogens is 370 g/mol. The van der Waals surface area contributed by atoms with Crippen LogP contribution in [0.2, 0.25) is 5.02 Å². The lowest BCUT2D eigenvalue weighted by molar-refractivity contribution is 0.0464. The van der Waals surface area contributed by atoms with E-state index < -0.39 is 11.8 Å². The van der Waals surface area contributed by atoms with Gasteiger partial charge in [-0.25, -0.2) is 4.79 Å². The van der Waals surface area contributed by atoms with Crippen LogP contribution in [-0.2, 0) is 11.3 Å². The summed E-state index contributed by atoms with van der Waals surface area (Å²) >= 11 is 6.33. The fourth-order valence-electron chi connectivity index (χ4n) is 3.01. The molecule has 1 aliphatic rings. The molecule has 0 bridgehead atoms. The second-order valence-electron chi connectivity index (χ2n) is 6.06. The Bertz CT molecular complexity index is 1120. The normalized spacial score (nSPS) is 12.5. The Kier molecular flexibility index (Phi) is 4.12. The molecule has 4 rings (SSSR count). The molecule has 134 valence electrons. The molecule has 0 saturated carbocycles. The number of fused-ring (bicyclic) bond motifs is 2. The van der Waals surface area contributed by atoms with Crippen LogP contribution in [-0.4, -0.2) is 22.7 Å². The molecule has 1 heterocycles. The molecule has 27 heavy (non-hydrogen) atoms. The second kappa shape index (κ2) is 6.48. The largest absolute Gasteiger partial charge is 0.455 e. The third-order valence-corrected chi connectivity index (χ3v) is 4.67. The summed E-state index contributed by atoms with van der Waals surface area (Å²) < 4.78 is 10.1. The molecule has 0 spiro atoms. The summed E-state index contributed by atoms with van der Waals surface area (Å²) in [5, 5.41) is 3.64. The number of esters is 1. The molecule has 0 N–H and O–H groups in total. The van der Waals surface area contributed by atoms with Crippen LogP contribution in [0.5, 0.6) is 0 Å². The van der Waals surface area contributed by atoms with Crippen molar-refractivity contribution in [1.82, 2.24) is 5.16 Å². The maximum atomic E-state index is 12.8. The van der Waals surface area contributed by atoms with E-state index in [1.54, 1.807) is 37.3 Å². The maximum absolute atomic E-state index is 12.8. The van der Waals surface area contributed by atoms with Gasteiger partial charge in [-0.2, -0.15) is 0 Å². The smallest absolute Gasteiger partial charge is 0.340 e. The average Bonchev–Trinajstić information content (AvgIpc) is 3.09. The van der Waals surface area contributed by atoms with Crippen LogP contribution in [0, 0.1) is 6.92 Å². The lowest BCUT2D eigenvalue weighted by Gasteiger charge is -2.19. The zero-order valence-corrected chi connectivity index (χ0v) is 14.9. The first kappa shape index (κ1) is 17.2. The second-order valence-corrected chi connectivity index (χ2v) is 6.44. The lowest BCUT2D eigenvalue weighted by Crippen LogP contribution is -2.22. The third kappa shape index (κ3) is 2.84. The van der Waals surface area contributed by atoms with Crippen molar-refractivity contribution in [2.75, 3.05) is 0 Å². The highest BCUT2D eigenvalue weighted by atomic mass is 35.5. The first-order valence-corrected chi connectivity index (χ1v) is 8.45. The van der Waals surface area contributed by atoms with Crippen molar-refractivity contribution in [1.29, 1.82) is 0 Å². The fraction of sp³-hybridized carbons (Fsp3) is 0.100. The SMILES string of the molecule is Cc1cc(COC(=O)c2ccc3c(c2Cl)C(=O)c2ccccc2C3=O)no1. The summed E-state index contributed by atoms with van der Waals surface area (Å²) in [6, 6.07) is 11.0. The van der Waals surface area contributed by atoms with Crippen LogP contribution in [0.4, 0.5) is 0 Å². The molecule has 0 radical (unpaired) electrons. The van der Waals surface area contributed by atoms with Gasteiger partial charge in [0.25, 0.3) is 0 Å². The highest BCUT2D eigenvalue weighted by Gasteiger charge is 2.33. The molecule has 0 atom stereocenters. The molecule has 1 aromatic heterocycles. The van der Waals surface area contributed by atoms with Gasteiger partial charge in [-0.15, -0.1) is 0 Å². The molecule has 1 aliphatic carbocycles. The molecule has 0 aliphatic heterocycles. The Balaban J connectivity index is 1.68. The number of ether oxygens (including phenoxy) is 1. The topological polar surface area (TPSA) is 86.5 Å². The monoisotopic (exact) mass is 381 g/mol. The Labute approximate surface area is 158 Å². The van der Waals surface area contributed by atoms with Crippen LogP contribution >= 0.6 is 11.6 Å². The molecular formula is C20H12ClNO5. The van der Waals surface area contributed by atoms with E-state index in [-0.39, 0.29) is 39.7 Å². The minimum absolute atomic E-state index is 0.0103. The van der Waals surface area contributed by atoms with E-state index in [2.05, 4.69) is 5.16 Å². The quantitative estimate of drug-likeness (QED) is 0.502. The summed E-state index contributed by atoms with van der Waals surface area (Å²) in [6.45, 7) is 1.62. The van der Waals surface area contributed by atoms with Gasteiger partial charge in [-0.3, -0.25) is 9.59 Å². The summed E-state index contributed by atoms with van der Waals surface area (Å²) in [6.07, 6.45) is 0. The number of hydrogen-bond donors (Lipinski definition) is 0. The predicted molar refractivity (Wildman–Crippen MR) is 95.1 cm³/mol. The van der Waals surface area contributed by atoms with Gasteiger partial charge in [0.1, 0.15) is 18.1 Å². The summed E-state index contributed by atoms with van der Waals surface area (Å²) in [5.74, 6) is -0.828. The number of benzene rings is 2. The van der Waals surface area contributed by atoms with Crippen molar-refractivity contribution in [3.05, 3.63) is 86.8 Å². The zero-order valence-electron chi connectivity index (χ0n) is 14.1. The Hall–Kier alpha value is -3.25. The van der Waals surface area contributed by atoms with Crippen molar-refractivity contribution >= 4 is 29.1 Å². The van der Waals surface area contributed by atoms with E-state index in [1.807, 2.05) is 0 Å². The van der Waals surface area contributed by atoms with Crippen molar-refractivity contribution in [3.63, 3.8) is 0 Å². The van der Waals surface area contributed by atoms with E-state index in [1.165, 1.54) is 12.1 Å². The van der Waals surface area contributed by atoms with Crippen molar-refractivity contribution in [3.8, 4) is 0 Å². The van der Waals surface area contributed by atoms with E-state index in [9.17, 15) is 14.4 Å². The fourth-order valence-corrected chi connectivity index (χ4v) is 3.33. The molecule has 0 fully saturated rings. The van der Waals surface area contributed by atoms with Gasteiger partial charge in [0, 0.05) is 22.8 Å². The van der Waals surface area contributed by atoms with Gasteiger partial charge in [0.2, 0.25) is 0 Å². The molecule has 6 nitrogen and oxygen atoms in total. The van der Waals surface area contributed by atoms with Gasteiger partial charge in [0.15, 0.2) is 11.6 Å². The Morgan fingerprint density at radius 1 is 1.07 bits per heavy atom. The average molecular weight is 382 g/mol. The minimum atomic E-state index is -0.720. The molecule has 0 saturated heterocycles. The van der Waals surface area contributed by atoms with Crippen LogP contribution < -0.4 is 0 Å². The van der Waals surface area contributed by atoms with Gasteiger partial charge in [0.05, 0.1) is 16.1 Å². The molecule has 3 aromatic rings. The number of nitrogens with zero attached hydrogens (tertiary/aromatic N) is 1. The minimum Gasteiger partial charge on any atom is -0.455 e. The number of carbonyl (C=O) groups excluding carboxylic acids is 3. The highest BCUT2D eigenvalue weighted by molar-refractivity contribution is 6.41. The lowest BCUT2D eigenvalue weighted by atomic mass is 9.83. The Morgan fingerprint density at radius 2 is 1.78 bits per heavy atom. The first-order valence-electron chi connectivity index (χ1n) is 8.07. The number of hydrogen-bond acceptors (Lipinski definition) is 6. The maximum Gasteiger partial charge on any atom is 0.340 e. The standard InChI is InChI=1S/C20H12ClNO5/c1-10-8-11(22-27-10)9-26-20(25)15-7-6-14-16(17(15)21)19(24)13-5-3-2-4-12(13)18(14)23/h2-8H,9H2,1H3. The van der Waals surface area contributed by atoms with E-state index in [0.29, 0.717) is 17.0 Å². The zero-order chi connectivity index (χ0) is 19.1. The van der Waals surface area contributed by atoms with Crippen molar-refractivity contribution in [2.24, 2.45) is 0 Å². The number of aromatic nitrogens is 1. The van der Waals surface area contributed by atoms with E-state index in [0.717, 1.165) is 0 Å². The summed E-state index contributed by atoms with van der Waals surface area (Å²) in [7, 11) is 0. The van der Waals surface area contributed by atoms with Crippen LogP contribution in [0.15, 0.2) is 47.0 Å². The molecule has 7 heteroatoms. The van der Waals surface area contributed by atoms with E-state index >= 15 is 0 Å². The van der Waals surface area contributed by atoms with E-state index in [4.69, 9.17) is 20.9 Å². The van der Waals surface area contributed by atoms with Gasteiger partial charge in [-0.05, 0) is 19.1 Å². The van der Waals surface area contributed by atoms with Crippen LogP contribution in [0.3, 0.4) is 0 Å². The third-order valence-electron chi connectivity index (χ3n) is 4.28. The number of carbonyl (C=O) groups is 3. The number of rotatable bonds is 3. The molecule has 0 unspecified atom stereocenters. The van der Waals surface area contributed by atoms with Crippen LogP contribution in [0.25, 0.3) is 0 Å². The summed E-state index contributed by atoms with van der Waals surface area (Å²) in [5.41, 5.74) is 1.24. The number of halogens is 1. The number of ketones is 2. The molecule has 0 amide bonds. The molecule has 2 aromatic carbocycles. The Morgan fingerprint density at radius 3 is 2.44 bits per heavy atom. The van der Waals surface area contributed by atoms with Gasteiger partial charge >= 0.3 is 5.97 Å². The van der Waals surface area contributed by atoms with Gasteiger partial charge in [-0.1, -0.05) is 41.0 Å². The first-order chi connectivity index (χ1) is 13.0. The van der Waals surface area contributed by atoms with Crippen molar-refractivity contribution < 1.29 is 23.6 Å². The van der Waals surface area contributed by atoms with Crippen molar-refractivity contribution in [2.45, 2.75) is 13.5 Å². The predicted octanol–water partition coefficient (Wildman–Crippen LogP) is 3.77. The highest BCUT2D eigenvalue weighted by Crippen LogP contribution is 2.34. The van der Waals surface area contributed by atoms with Gasteiger partial charge < -0.3 is 9.26 Å². The number of aryl methyl sites for hydroxylation is 1. The van der Waals surface area contributed by atoms with Crippen LogP contribution in [0.1, 0.15) is 53.7 Å². The summed E-state index contributed by atoms with van der Waals surface area (Å²) in [4.78, 5) is 37.9.